The average molecular weight is 480 g/mol. The molecule has 2 N–H and O–H groups in total. The van der Waals surface area contributed by atoms with Gasteiger partial charge in [-0.15, -0.1) is 0 Å². The highest BCUT2D eigenvalue weighted by atomic mass is 16.5. The van der Waals surface area contributed by atoms with E-state index in [1.807, 2.05) is 54.5 Å². The fraction of sp³-hybridized carbons (Fsp3) is 0.138. The van der Waals surface area contributed by atoms with E-state index in [1.165, 1.54) is 5.56 Å². The maximum absolute atomic E-state index is 9.98. The van der Waals surface area contributed by atoms with Crippen molar-refractivity contribution in [1.29, 1.82) is 0 Å². The number of benzene rings is 3. The van der Waals surface area contributed by atoms with Gasteiger partial charge >= 0.3 is 0 Å². The van der Waals surface area contributed by atoms with Crippen LogP contribution in [0.5, 0.6) is 5.75 Å². The molecule has 1 atom stereocenters. The number of carbonyl (C=O) groups is 1. The number of para-hydroxylation sites is 1. The minimum Gasteiger partial charge on any atom is -0.497 e. The zero-order valence-corrected chi connectivity index (χ0v) is 20.3. The summed E-state index contributed by atoms with van der Waals surface area (Å²) in [6.45, 7) is 0. The molecule has 0 aliphatic carbocycles. The number of nitrogens with zero attached hydrogens (tertiary/aromatic N) is 3. The molecule has 0 saturated heterocycles. The number of anilines is 2. The zero-order chi connectivity index (χ0) is 25.2. The molecule has 1 aliphatic heterocycles. The average Bonchev–Trinajstić information content (AvgIpc) is 3.35. The lowest BCUT2D eigenvalue weighted by Gasteiger charge is -2.19. The molecule has 3 aromatic carbocycles. The number of ether oxygens (including phenoxy) is 1. The number of hydrogen-bond donors (Lipinski definition) is 2. The maximum atomic E-state index is 9.98. The van der Waals surface area contributed by atoms with Crippen molar-refractivity contribution in [2.24, 2.45) is 5.10 Å². The number of aromatic nitrogens is 1. The van der Waals surface area contributed by atoms with Crippen LogP contribution in [0, 0.1) is 0 Å². The van der Waals surface area contributed by atoms with Crippen molar-refractivity contribution in [3.05, 3.63) is 120 Å². The molecule has 4 aromatic rings. The number of hydrazone groups is 1. The number of hydrogen-bond acceptors (Lipinski definition) is 7. The smallest absolute Gasteiger partial charge is 0.150 e. The first-order valence-corrected chi connectivity index (χ1v) is 11.6. The highest BCUT2D eigenvalue weighted by Gasteiger charge is 2.26. The summed E-state index contributed by atoms with van der Waals surface area (Å²) < 4.78 is 5.36. The first-order valence-electron chi connectivity index (χ1n) is 11.6. The van der Waals surface area contributed by atoms with E-state index >= 15 is 0 Å². The lowest BCUT2D eigenvalue weighted by molar-refractivity contribution is 0.112. The standard InChI is InChI=1S/C23H24N4O.C6H5NO/c1-27-23(18-7-6-10-21(15-18)28-2)16-22(26-27)17-11-13-20(14-12-17)25-24-19-8-4-3-5-9-19;8-5-6-1-3-7-4-2-6/h3-15,23-25H,16H2,1-2H3;1-5H. The third-order valence-electron chi connectivity index (χ3n) is 5.78. The molecule has 0 amide bonds. The minimum atomic E-state index is 0.225. The van der Waals surface area contributed by atoms with Gasteiger partial charge in [-0.2, -0.15) is 5.10 Å². The van der Waals surface area contributed by atoms with Gasteiger partial charge in [0.05, 0.1) is 30.2 Å². The van der Waals surface area contributed by atoms with E-state index in [2.05, 4.69) is 52.2 Å². The molecular weight excluding hydrogens is 450 g/mol. The Morgan fingerprint density at radius 1 is 0.889 bits per heavy atom. The van der Waals surface area contributed by atoms with E-state index in [0.717, 1.165) is 41.1 Å². The number of nitrogens with one attached hydrogen (secondary N) is 2. The monoisotopic (exact) mass is 479 g/mol. The van der Waals surface area contributed by atoms with Gasteiger partial charge in [-0.3, -0.25) is 14.8 Å². The lowest BCUT2D eigenvalue weighted by Crippen LogP contribution is -2.13. The predicted octanol–water partition coefficient (Wildman–Crippen LogP) is 5.81. The summed E-state index contributed by atoms with van der Waals surface area (Å²) in [6.07, 6.45) is 4.84. The van der Waals surface area contributed by atoms with Crippen molar-refractivity contribution in [3.63, 3.8) is 0 Å². The summed E-state index contributed by atoms with van der Waals surface area (Å²) in [7, 11) is 3.72. The van der Waals surface area contributed by atoms with Gasteiger partial charge in [0.2, 0.25) is 0 Å². The Labute approximate surface area is 211 Å². The molecule has 2 heterocycles. The summed E-state index contributed by atoms with van der Waals surface area (Å²) >= 11 is 0. The summed E-state index contributed by atoms with van der Waals surface area (Å²) in [5.74, 6) is 0.876. The van der Waals surface area contributed by atoms with Crippen LogP contribution >= 0.6 is 0 Å². The van der Waals surface area contributed by atoms with Crippen LogP contribution in [0.4, 0.5) is 11.4 Å². The summed E-state index contributed by atoms with van der Waals surface area (Å²) in [5.41, 5.74) is 12.6. The van der Waals surface area contributed by atoms with Gasteiger partial charge in [-0.05, 0) is 59.7 Å². The number of methoxy groups -OCH3 is 1. The van der Waals surface area contributed by atoms with Crippen LogP contribution in [-0.4, -0.2) is 36.1 Å². The molecule has 0 spiro atoms. The Morgan fingerprint density at radius 2 is 1.58 bits per heavy atom. The number of carbonyl (C=O) groups excluding carboxylic acids is 1. The summed E-state index contributed by atoms with van der Waals surface area (Å²) in [5, 5.41) is 6.80. The first-order chi connectivity index (χ1) is 17.7. The molecule has 0 bridgehead atoms. The van der Waals surface area contributed by atoms with E-state index in [-0.39, 0.29) is 6.04 Å². The van der Waals surface area contributed by atoms with Gasteiger partial charge in [-0.1, -0.05) is 42.5 Å². The molecule has 182 valence electrons. The number of rotatable bonds is 7. The quantitative estimate of drug-likeness (QED) is 0.257. The number of pyridine rings is 1. The Kier molecular flexibility index (Phi) is 8.27. The Morgan fingerprint density at radius 3 is 2.22 bits per heavy atom. The predicted molar refractivity (Wildman–Crippen MR) is 144 cm³/mol. The van der Waals surface area contributed by atoms with Gasteiger partial charge in [0, 0.05) is 31.4 Å². The van der Waals surface area contributed by atoms with E-state index in [4.69, 9.17) is 9.84 Å². The second kappa shape index (κ2) is 12.2. The van der Waals surface area contributed by atoms with Crippen LogP contribution in [0.25, 0.3) is 0 Å². The summed E-state index contributed by atoms with van der Waals surface area (Å²) in [6, 6.07) is 30.1. The fourth-order valence-corrected chi connectivity index (χ4v) is 3.83. The Hall–Kier alpha value is -4.65. The fourth-order valence-electron chi connectivity index (χ4n) is 3.83. The van der Waals surface area contributed by atoms with E-state index in [9.17, 15) is 4.79 Å². The van der Waals surface area contributed by atoms with E-state index in [0.29, 0.717) is 5.56 Å². The minimum absolute atomic E-state index is 0.225. The third kappa shape index (κ3) is 6.48. The number of hydrazine groups is 1. The third-order valence-corrected chi connectivity index (χ3v) is 5.78. The van der Waals surface area contributed by atoms with Crippen LogP contribution in [-0.2, 0) is 0 Å². The zero-order valence-electron chi connectivity index (χ0n) is 20.3. The Balaban J connectivity index is 0.000000325. The van der Waals surface area contributed by atoms with E-state index in [1.54, 1.807) is 31.6 Å². The SMILES string of the molecule is COc1cccc(C2CC(c3ccc(NNc4ccccc4)cc3)=NN2C)c1.O=Cc1ccncc1. The van der Waals surface area contributed by atoms with Crippen LogP contribution in [0.3, 0.4) is 0 Å². The van der Waals surface area contributed by atoms with Crippen molar-refractivity contribution < 1.29 is 9.53 Å². The van der Waals surface area contributed by atoms with Crippen molar-refractivity contribution >= 4 is 23.4 Å². The largest absolute Gasteiger partial charge is 0.497 e. The maximum Gasteiger partial charge on any atom is 0.150 e. The summed E-state index contributed by atoms with van der Waals surface area (Å²) in [4.78, 5) is 13.7. The molecule has 1 aliphatic rings. The molecule has 1 aromatic heterocycles. The molecule has 7 heteroatoms. The van der Waals surface area contributed by atoms with Gasteiger partial charge in [0.15, 0.2) is 0 Å². The molecule has 0 fully saturated rings. The second-order valence-corrected chi connectivity index (χ2v) is 8.21. The molecule has 36 heavy (non-hydrogen) atoms. The molecular formula is C29H29N5O2. The number of aldehydes is 1. The lowest BCUT2D eigenvalue weighted by atomic mass is 9.98. The van der Waals surface area contributed by atoms with Crippen LogP contribution in [0.2, 0.25) is 0 Å². The van der Waals surface area contributed by atoms with Crippen LogP contribution < -0.4 is 15.6 Å². The second-order valence-electron chi connectivity index (χ2n) is 8.21. The normalized spacial score (nSPS) is 14.2. The molecule has 0 radical (unpaired) electrons. The Bertz CT molecular complexity index is 1280. The van der Waals surface area contributed by atoms with E-state index < -0.39 is 0 Å². The first kappa shape index (κ1) is 24.5. The van der Waals surface area contributed by atoms with Gasteiger partial charge < -0.3 is 15.6 Å². The van der Waals surface area contributed by atoms with Crippen molar-refractivity contribution in [3.8, 4) is 5.75 Å². The molecule has 7 nitrogen and oxygen atoms in total. The van der Waals surface area contributed by atoms with Crippen molar-refractivity contribution in [2.75, 3.05) is 25.0 Å². The topological polar surface area (TPSA) is 78.9 Å². The van der Waals surface area contributed by atoms with Crippen LogP contribution in [0.15, 0.2) is 108 Å². The highest BCUT2D eigenvalue weighted by Crippen LogP contribution is 2.33. The van der Waals surface area contributed by atoms with Crippen LogP contribution in [0.1, 0.15) is 33.9 Å². The van der Waals surface area contributed by atoms with Gasteiger partial charge in [0.1, 0.15) is 12.0 Å². The van der Waals surface area contributed by atoms with Crippen molar-refractivity contribution in [2.45, 2.75) is 12.5 Å². The highest BCUT2D eigenvalue weighted by molar-refractivity contribution is 6.02. The molecule has 0 saturated carbocycles. The molecule has 1 unspecified atom stereocenters. The van der Waals surface area contributed by atoms with Gasteiger partial charge in [-0.25, -0.2) is 0 Å². The van der Waals surface area contributed by atoms with Gasteiger partial charge in [0.25, 0.3) is 0 Å². The molecule has 5 rings (SSSR count). The van der Waals surface area contributed by atoms with Crippen molar-refractivity contribution in [1.82, 2.24) is 9.99 Å².